The van der Waals surface area contributed by atoms with Crippen LogP contribution in [0, 0.1) is 0 Å². The predicted octanol–water partition coefficient (Wildman–Crippen LogP) is 6.00. The maximum absolute atomic E-state index is 13.8. The quantitative estimate of drug-likeness (QED) is 0.107. The molecule has 0 fully saturated rings. The van der Waals surface area contributed by atoms with Crippen LogP contribution in [0.2, 0.25) is 78.6 Å². The first kappa shape index (κ1) is 41.6. The van der Waals surface area contributed by atoms with Gasteiger partial charge in [0, 0.05) is 0 Å². The van der Waals surface area contributed by atoms with Gasteiger partial charge in [-0.05, 0) is 90.9 Å². The van der Waals surface area contributed by atoms with Crippen LogP contribution in [0.15, 0.2) is 12.1 Å². The van der Waals surface area contributed by atoms with Crippen molar-refractivity contribution in [2.45, 2.75) is 104 Å². The fourth-order valence-corrected chi connectivity index (χ4v) is 17.7. The minimum absolute atomic E-state index is 0.380. The first-order valence-corrected chi connectivity index (χ1v) is 32.7. The number of hydrogen-bond donors (Lipinski definition) is 0. The van der Waals surface area contributed by atoms with E-state index in [1.54, 1.807) is 0 Å². The van der Waals surface area contributed by atoms with Crippen LogP contribution in [0.25, 0.3) is 0 Å². The molecular weight excluding hydrogens is 745 g/mol. The van der Waals surface area contributed by atoms with Crippen molar-refractivity contribution in [1.29, 1.82) is 0 Å². The maximum Gasteiger partial charge on any atom is 0.338 e. The SMILES string of the molecule is COC(=O)c1c(C(=O)OC)c([Si](C)(C)C)c2c(c1[Si](C)(C)C)Cc1cc3c(cc1C2)Cc1c(c([Si](C)(C)C)c(C(=O)OC)c(C(=O)OC)c1[Si](C)(C)C)C3. The van der Waals surface area contributed by atoms with Crippen molar-refractivity contribution in [1.82, 2.24) is 0 Å². The fourth-order valence-electron chi connectivity index (χ4n) is 9.23. The van der Waals surface area contributed by atoms with E-state index < -0.39 is 56.2 Å². The molecule has 0 heterocycles. The summed E-state index contributed by atoms with van der Waals surface area (Å²) in [7, 11) is -3.53. The molecule has 0 bridgehead atoms. The summed E-state index contributed by atoms with van der Waals surface area (Å²) in [6.07, 6.45) is 2.57. The predicted molar refractivity (Wildman–Crippen MR) is 228 cm³/mol. The number of rotatable bonds is 8. The lowest BCUT2D eigenvalue weighted by atomic mass is 9.77. The van der Waals surface area contributed by atoms with Gasteiger partial charge in [-0.2, -0.15) is 0 Å². The molecule has 2 aliphatic rings. The van der Waals surface area contributed by atoms with Crippen LogP contribution >= 0.6 is 0 Å². The molecule has 0 amide bonds. The number of esters is 4. The first-order valence-electron chi connectivity index (χ1n) is 18.7. The van der Waals surface area contributed by atoms with E-state index in [-0.39, 0.29) is 0 Å². The summed E-state index contributed by atoms with van der Waals surface area (Å²) >= 11 is 0. The summed E-state index contributed by atoms with van der Waals surface area (Å²) in [5, 5.41) is 3.89. The molecule has 0 radical (unpaired) electrons. The Morgan fingerprint density at radius 1 is 0.370 bits per heavy atom. The van der Waals surface area contributed by atoms with Crippen LogP contribution in [0.4, 0.5) is 0 Å². The summed E-state index contributed by atoms with van der Waals surface area (Å²) in [4.78, 5) is 55.1. The van der Waals surface area contributed by atoms with Crippen molar-refractivity contribution < 1.29 is 38.1 Å². The number of hydrogen-bond acceptors (Lipinski definition) is 8. The highest BCUT2D eigenvalue weighted by Crippen LogP contribution is 2.38. The lowest BCUT2D eigenvalue weighted by Crippen LogP contribution is -2.54. The monoisotopic (exact) mass is 802 g/mol. The zero-order chi connectivity index (χ0) is 40.6. The Hall–Kier alpha value is -3.59. The Morgan fingerprint density at radius 3 is 0.667 bits per heavy atom. The molecule has 0 aliphatic heterocycles. The van der Waals surface area contributed by atoms with Gasteiger partial charge in [0.05, 0.1) is 83.0 Å². The van der Waals surface area contributed by atoms with E-state index in [1.807, 2.05) is 0 Å². The zero-order valence-corrected chi connectivity index (χ0v) is 39.2. The molecule has 0 atom stereocenters. The molecule has 5 rings (SSSR count). The molecule has 0 saturated carbocycles. The highest BCUT2D eigenvalue weighted by Gasteiger charge is 2.43. The van der Waals surface area contributed by atoms with Crippen molar-refractivity contribution in [2.24, 2.45) is 0 Å². The lowest BCUT2D eigenvalue weighted by Gasteiger charge is -2.38. The largest absolute Gasteiger partial charge is 0.465 e. The first-order chi connectivity index (χ1) is 24.8. The Kier molecular flexibility index (Phi) is 10.9. The molecule has 3 aromatic carbocycles. The third-order valence-electron chi connectivity index (χ3n) is 11.0. The Balaban J connectivity index is 1.86. The average molecular weight is 803 g/mol. The summed E-state index contributed by atoms with van der Waals surface area (Å²) < 4.78 is 21.7. The topological polar surface area (TPSA) is 105 Å². The van der Waals surface area contributed by atoms with E-state index in [1.165, 1.54) is 50.7 Å². The average Bonchev–Trinajstić information content (AvgIpc) is 3.06. The molecule has 3 aromatic rings. The van der Waals surface area contributed by atoms with E-state index >= 15 is 0 Å². The molecule has 0 N–H and O–H groups in total. The molecule has 8 nitrogen and oxygen atoms in total. The van der Waals surface area contributed by atoms with Crippen molar-refractivity contribution in [3.63, 3.8) is 0 Å². The molecule has 54 heavy (non-hydrogen) atoms. The van der Waals surface area contributed by atoms with Crippen LogP contribution in [-0.2, 0) is 44.6 Å². The molecule has 12 heteroatoms. The van der Waals surface area contributed by atoms with Gasteiger partial charge in [-0.1, -0.05) is 90.7 Å². The Bertz CT molecular complexity index is 1830. The van der Waals surface area contributed by atoms with Gasteiger partial charge >= 0.3 is 23.9 Å². The van der Waals surface area contributed by atoms with Crippen molar-refractivity contribution in [3.8, 4) is 0 Å². The van der Waals surface area contributed by atoms with Gasteiger partial charge in [-0.15, -0.1) is 0 Å². The summed E-state index contributed by atoms with van der Waals surface area (Å²) in [5.41, 5.74) is 11.0. The smallest absolute Gasteiger partial charge is 0.338 e. The maximum atomic E-state index is 13.8. The van der Waals surface area contributed by atoms with E-state index in [0.717, 1.165) is 43.0 Å². The number of carbonyl (C=O) groups excluding carboxylic acids is 4. The number of benzene rings is 3. The number of carbonyl (C=O) groups is 4. The van der Waals surface area contributed by atoms with Gasteiger partial charge in [-0.3, -0.25) is 0 Å². The third-order valence-corrected chi connectivity index (χ3v) is 19.2. The Morgan fingerprint density at radius 2 is 0.537 bits per heavy atom. The summed E-state index contributed by atoms with van der Waals surface area (Å²) in [5.74, 6) is -1.97. The second-order valence-electron chi connectivity index (χ2n) is 19.0. The minimum atomic E-state index is -2.26. The van der Waals surface area contributed by atoms with E-state index in [2.05, 4.69) is 90.7 Å². The zero-order valence-electron chi connectivity index (χ0n) is 35.2. The van der Waals surface area contributed by atoms with Crippen LogP contribution < -0.4 is 20.7 Å². The van der Waals surface area contributed by atoms with Crippen LogP contribution in [-0.4, -0.2) is 84.6 Å². The van der Waals surface area contributed by atoms with Crippen molar-refractivity contribution in [2.75, 3.05) is 28.4 Å². The molecule has 0 unspecified atom stereocenters. The van der Waals surface area contributed by atoms with Crippen molar-refractivity contribution >= 4 is 76.9 Å². The third kappa shape index (κ3) is 7.03. The normalized spacial score (nSPS) is 13.9. The fraction of sp³-hybridized carbons (Fsp3) is 0.476. The molecule has 0 spiro atoms. The van der Waals surface area contributed by atoms with Crippen LogP contribution in [0.1, 0.15) is 85.9 Å². The Labute approximate surface area is 325 Å². The van der Waals surface area contributed by atoms with Gasteiger partial charge < -0.3 is 18.9 Å². The molecule has 2 aliphatic carbocycles. The standard InChI is InChI=1S/C42H58O8Si4/c1-47-39(43)31-32(40(44)48-2)36(52(8,9)10)28-20-24-18-26-22-30-29(21-25(26)17-23(24)19-27(28)35(31)51(5,6)7)37(53(11,12)13)33(41(45)49-3)34(42(46)50-4)38(30)54(14,15)16/h17-18H,19-22H2,1-16H3. The minimum Gasteiger partial charge on any atom is -0.465 e. The number of ether oxygens (including phenoxy) is 4. The van der Waals surface area contributed by atoms with Crippen molar-refractivity contribution in [3.05, 3.63) is 78.9 Å². The lowest BCUT2D eigenvalue weighted by molar-refractivity contribution is 0.0557. The van der Waals surface area contributed by atoms with Gasteiger partial charge in [0.1, 0.15) is 0 Å². The van der Waals surface area contributed by atoms with E-state index in [4.69, 9.17) is 18.9 Å². The highest BCUT2D eigenvalue weighted by molar-refractivity contribution is 6.93. The van der Waals surface area contributed by atoms with Gasteiger partial charge in [0.15, 0.2) is 0 Å². The molecule has 290 valence electrons. The van der Waals surface area contributed by atoms with Gasteiger partial charge in [0.2, 0.25) is 0 Å². The van der Waals surface area contributed by atoms with Crippen LogP contribution in [0.5, 0.6) is 0 Å². The van der Waals surface area contributed by atoms with Crippen LogP contribution in [0.3, 0.4) is 0 Å². The second kappa shape index (κ2) is 14.2. The summed E-state index contributed by atoms with van der Waals surface area (Å²) in [6.45, 7) is 26.7. The highest BCUT2D eigenvalue weighted by atomic mass is 28.3. The number of methoxy groups -OCH3 is 4. The summed E-state index contributed by atoms with van der Waals surface area (Å²) in [6, 6.07) is 4.69. The van der Waals surface area contributed by atoms with Gasteiger partial charge in [0.25, 0.3) is 0 Å². The van der Waals surface area contributed by atoms with E-state index in [9.17, 15) is 19.2 Å². The molecule has 0 aromatic heterocycles. The number of fused-ring (bicyclic) bond motifs is 4. The molecular formula is C42H58O8Si4. The second-order valence-corrected chi connectivity index (χ2v) is 39.0. The van der Waals surface area contributed by atoms with E-state index in [0.29, 0.717) is 47.9 Å². The molecule has 0 saturated heterocycles. The van der Waals surface area contributed by atoms with Gasteiger partial charge in [-0.25, -0.2) is 19.2 Å².